The maximum atomic E-state index is 13.3. The molecular weight excluding hydrogens is 458 g/mol. The van der Waals surface area contributed by atoms with Crippen molar-refractivity contribution in [3.05, 3.63) is 94.9 Å². The van der Waals surface area contributed by atoms with Crippen molar-refractivity contribution in [3.8, 4) is 23.0 Å². The molecule has 7 heteroatoms. The van der Waals surface area contributed by atoms with E-state index in [-0.39, 0.29) is 29.9 Å². The van der Waals surface area contributed by atoms with Crippen LogP contribution in [0.3, 0.4) is 0 Å². The number of fused-ring (bicyclic) bond motifs is 4. The molecule has 178 valence electrons. The Morgan fingerprint density at radius 3 is 2.69 bits per heavy atom. The average molecular weight is 479 g/mol. The van der Waals surface area contributed by atoms with Crippen LogP contribution in [0.2, 0.25) is 0 Å². The van der Waals surface area contributed by atoms with E-state index in [2.05, 4.69) is 4.98 Å². The smallest absolute Gasteiger partial charge is 0.312 e. The molecule has 0 unspecified atom stereocenters. The van der Waals surface area contributed by atoms with Gasteiger partial charge in [-0.2, -0.15) is 0 Å². The number of methoxy groups -OCH3 is 2. The average Bonchev–Trinajstić information content (AvgIpc) is 3.22. The van der Waals surface area contributed by atoms with E-state index < -0.39 is 0 Å². The highest BCUT2D eigenvalue weighted by atomic mass is 16.5. The minimum Gasteiger partial charge on any atom is -0.493 e. The third kappa shape index (κ3) is 3.48. The Labute approximate surface area is 206 Å². The summed E-state index contributed by atoms with van der Waals surface area (Å²) in [6, 6.07) is 18.5. The monoisotopic (exact) mass is 479 g/mol. The van der Waals surface area contributed by atoms with E-state index in [1.165, 1.54) is 0 Å². The van der Waals surface area contributed by atoms with Crippen LogP contribution in [0.15, 0.2) is 72.6 Å². The van der Waals surface area contributed by atoms with Gasteiger partial charge >= 0.3 is 5.97 Å². The van der Waals surface area contributed by atoms with Crippen molar-refractivity contribution in [1.29, 1.82) is 0 Å². The zero-order valence-electron chi connectivity index (χ0n) is 19.6. The van der Waals surface area contributed by atoms with Crippen molar-refractivity contribution < 1.29 is 28.5 Å². The number of aromatic nitrogens is 1. The molecule has 0 N–H and O–H groups in total. The number of hydrogen-bond donors (Lipinski definition) is 0. The number of nitrogens with zero attached hydrogens (tertiary/aromatic N) is 1. The van der Waals surface area contributed by atoms with E-state index >= 15 is 0 Å². The second-order valence-electron chi connectivity index (χ2n) is 8.56. The van der Waals surface area contributed by atoms with Crippen LogP contribution in [0.1, 0.15) is 39.4 Å². The molecule has 2 aliphatic rings. The highest BCUT2D eigenvalue weighted by molar-refractivity contribution is 6.15. The highest BCUT2D eigenvalue weighted by Crippen LogP contribution is 2.49. The van der Waals surface area contributed by atoms with E-state index in [9.17, 15) is 9.59 Å². The summed E-state index contributed by atoms with van der Waals surface area (Å²) in [6.45, 7) is 0. The Bertz CT molecular complexity index is 1590. The predicted octanol–water partition coefficient (Wildman–Crippen LogP) is 5.31. The van der Waals surface area contributed by atoms with Gasteiger partial charge in [0.2, 0.25) is 5.78 Å². The lowest BCUT2D eigenvalue weighted by Crippen LogP contribution is -2.21. The van der Waals surface area contributed by atoms with Gasteiger partial charge in [-0.1, -0.05) is 24.3 Å². The molecule has 0 fully saturated rings. The first-order valence-corrected chi connectivity index (χ1v) is 11.4. The van der Waals surface area contributed by atoms with E-state index in [0.29, 0.717) is 39.7 Å². The zero-order valence-corrected chi connectivity index (χ0v) is 19.6. The molecule has 1 aromatic heterocycles. The molecule has 1 atom stereocenters. The van der Waals surface area contributed by atoms with Gasteiger partial charge < -0.3 is 18.9 Å². The fourth-order valence-electron chi connectivity index (χ4n) is 4.87. The Morgan fingerprint density at radius 1 is 0.972 bits per heavy atom. The number of esters is 1. The maximum Gasteiger partial charge on any atom is 0.312 e. The van der Waals surface area contributed by atoms with Gasteiger partial charge in [-0.3, -0.25) is 14.6 Å². The third-order valence-corrected chi connectivity index (χ3v) is 6.53. The molecule has 0 spiro atoms. The molecule has 36 heavy (non-hydrogen) atoms. The first kappa shape index (κ1) is 21.9. The molecule has 0 saturated carbocycles. The third-order valence-electron chi connectivity index (χ3n) is 6.53. The number of allylic oxidation sites excluding steroid dienone is 1. The summed E-state index contributed by atoms with van der Waals surface area (Å²) < 4.78 is 22.6. The molecular formula is C29H21NO6. The van der Waals surface area contributed by atoms with Crippen LogP contribution in [0, 0.1) is 0 Å². The number of rotatable bonds is 4. The molecule has 0 aliphatic carbocycles. The normalized spacial score (nSPS) is 17.4. The lowest BCUT2D eigenvalue weighted by molar-refractivity contribution is -0.135. The van der Waals surface area contributed by atoms with Crippen molar-refractivity contribution in [2.45, 2.75) is 12.3 Å². The number of benzene rings is 3. The number of ketones is 1. The Hall–Kier alpha value is -4.65. The minimum absolute atomic E-state index is 0.134. The molecule has 7 nitrogen and oxygen atoms in total. The molecule has 6 rings (SSSR count). The summed E-state index contributed by atoms with van der Waals surface area (Å²) >= 11 is 0. The predicted molar refractivity (Wildman–Crippen MR) is 133 cm³/mol. The maximum absolute atomic E-state index is 13.3. The van der Waals surface area contributed by atoms with Crippen LogP contribution < -0.4 is 18.9 Å². The quantitative estimate of drug-likeness (QED) is 0.223. The Kier molecular flexibility index (Phi) is 5.18. The Balaban J connectivity index is 1.46. The summed E-state index contributed by atoms with van der Waals surface area (Å²) in [5, 5.41) is 0.964. The summed E-state index contributed by atoms with van der Waals surface area (Å²) in [5.41, 5.74) is 3.54. The lowest BCUT2D eigenvalue weighted by atomic mass is 9.84. The number of Topliss-reactive ketones (excluding diaryl/α,β-unsaturated/α-hetero) is 1. The number of pyridine rings is 1. The fraction of sp³-hybridized carbons (Fsp3) is 0.138. The van der Waals surface area contributed by atoms with E-state index in [1.807, 2.05) is 42.5 Å². The van der Waals surface area contributed by atoms with Gasteiger partial charge in [0.15, 0.2) is 17.3 Å². The van der Waals surface area contributed by atoms with Gasteiger partial charge in [0.25, 0.3) is 0 Å². The van der Waals surface area contributed by atoms with Crippen LogP contribution in [-0.4, -0.2) is 31.0 Å². The van der Waals surface area contributed by atoms with Gasteiger partial charge in [-0.25, -0.2) is 0 Å². The minimum atomic E-state index is -0.334. The van der Waals surface area contributed by atoms with Crippen LogP contribution in [0.5, 0.6) is 23.0 Å². The van der Waals surface area contributed by atoms with Gasteiger partial charge in [-0.15, -0.1) is 0 Å². The standard InChI is InChI=1S/C29H21NO6/c1-33-23-7-3-5-18(28(23)34-2)14-24-27(32)19-9-11-22-26(29(19)36-24)20(15-25(31)35-22)16-8-10-21-17(13-16)6-4-12-30-21/h3-14,20H,15H2,1-2H3/b24-14-/t20-/m0/s1. The van der Waals surface area contributed by atoms with Crippen molar-refractivity contribution in [1.82, 2.24) is 4.98 Å². The molecule has 0 amide bonds. The van der Waals surface area contributed by atoms with Gasteiger partial charge in [0.1, 0.15) is 11.5 Å². The number of ether oxygens (including phenoxy) is 4. The number of para-hydroxylation sites is 1. The molecule has 3 heterocycles. The first-order chi connectivity index (χ1) is 17.6. The summed E-state index contributed by atoms with van der Waals surface area (Å²) in [6.07, 6.45) is 3.52. The number of carbonyl (C=O) groups excluding carboxylic acids is 2. The Morgan fingerprint density at radius 2 is 1.86 bits per heavy atom. The second kappa shape index (κ2) is 8.53. The summed E-state index contributed by atoms with van der Waals surface area (Å²) in [5.74, 6) is 1.09. The van der Waals surface area contributed by atoms with Crippen LogP contribution in [-0.2, 0) is 4.79 Å². The molecule has 2 aliphatic heterocycles. The first-order valence-electron chi connectivity index (χ1n) is 11.4. The largest absolute Gasteiger partial charge is 0.493 e. The molecule has 0 radical (unpaired) electrons. The van der Waals surface area contributed by atoms with Crippen molar-refractivity contribution in [3.63, 3.8) is 0 Å². The fourth-order valence-corrected chi connectivity index (χ4v) is 4.87. The molecule has 0 bridgehead atoms. The highest BCUT2D eigenvalue weighted by Gasteiger charge is 2.38. The van der Waals surface area contributed by atoms with Gasteiger partial charge in [-0.05, 0) is 48.0 Å². The second-order valence-corrected chi connectivity index (χ2v) is 8.56. The van der Waals surface area contributed by atoms with Crippen molar-refractivity contribution in [2.24, 2.45) is 0 Å². The van der Waals surface area contributed by atoms with E-state index in [1.54, 1.807) is 44.7 Å². The number of carbonyl (C=O) groups is 2. The van der Waals surface area contributed by atoms with Crippen LogP contribution in [0.4, 0.5) is 0 Å². The van der Waals surface area contributed by atoms with E-state index in [4.69, 9.17) is 18.9 Å². The van der Waals surface area contributed by atoms with Crippen LogP contribution >= 0.6 is 0 Å². The van der Waals surface area contributed by atoms with Gasteiger partial charge in [0.05, 0.1) is 31.7 Å². The molecule has 3 aromatic carbocycles. The zero-order chi connectivity index (χ0) is 24.8. The molecule has 0 saturated heterocycles. The summed E-state index contributed by atoms with van der Waals surface area (Å²) in [4.78, 5) is 30.2. The SMILES string of the molecule is COc1cccc(/C=C2\Oc3c(ccc4c3[C@H](c3ccc5ncccc5c3)CC(=O)O4)C2=O)c1OC. The van der Waals surface area contributed by atoms with Crippen molar-refractivity contribution in [2.75, 3.05) is 14.2 Å². The van der Waals surface area contributed by atoms with Crippen molar-refractivity contribution >= 4 is 28.7 Å². The van der Waals surface area contributed by atoms with Crippen LogP contribution in [0.25, 0.3) is 17.0 Å². The lowest BCUT2D eigenvalue weighted by Gasteiger charge is -2.26. The number of hydrogen-bond acceptors (Lipinski definition) is 7. The van der Waals surface area contributed by atoms with Gasteiger partial charge in [0, 0.05) is 28.6 Å². The summed E-state index contributed by atoms with van der Waals surface area (Å²) in [7, 11) is 3.10. The van der Waals surface area contributed by atoms with E-state index in [0.717, 1.165) is 16.5 Å². The molecule has 4 aromatic rings. The topological polar surface area (TPSA) is 84.0 Å².